The third-order valence-corrected chi connectivity index (χ3v) is 4.45. The smallest absolute Gasteiger partial charge is 0.370 e. The number of methoxy groups -OCH3 is 1. The van der Waals surface area contributed by atoms with E-state index in [0.29, 0.717) is 13.0 Å². The van der Waals surface area contributed by atoms with E-state index in [-0.39, 0.29) is 18.3 Å². The molecule has 1 aliphatic rings. The fourth-order valence-electron chi connectivity index (χ4n) is 2.92. The van der Waals surface area contributed by atoms with Crippen LogP contribution in [0.3, 0.4) is 0 Å². The van der Waals surface area contributed by atoms with Crippen LogP contribution in [0, 0.1) is 0 Å². The second-order valence-electron chi connectivity index (χ2n) is 6.28. The lowest BCUT2D eigenvalue weighted by molar-refractivity contribution is -0.159. The molecule has 2 atom stereocenters. The van der Waals surface area contributed by atoms with Crippen molar-refractivity contribution in [3.8, 4) is 5.75 Å². The molecule has 1 heterocycles. The number of carbonyl (C=O) groups is 1. The highest BCUT2D eigenvalue weighted by Crippen LogP contribution is 2.32. The fourth-order valence-corrected chi connectivity index (χ4v) is 2.92. The standard InChI is InChI=1S/C21H22O6/c1-25-18-8-6-16(7-9-18)17-10-19(21(23)24)27-20(11-17)26-13-15-4-2-14(12-22)3-5-15/h2-10,17,20,22H,11-13H2,1H3,(H,23,24)/t17-,20+/m1/s1. The molecule has 0 unspecified atom stereocenters. The van der Waals surface area contributed by atoms with E-state index in [0.717, 1.165) is 22.4 Å². The van der Waals surface area contributed by atoms with E-state index in [1.807, 2.05) is 48.5 Å². The summed E-state index contributed by atoms with van der Waals surface area (Å²) in [4.78, 5) is 11.4. The van der Waals surface area contributed by atoms with Gasteiger partial charge in [-0.3, -0.25) is 0 Å². The Balaban J connectivity index is 1.70. The largest absolute Gasteiger partial charge is 0.497 e. The van der Waals surface area contributed by atoms with Gasteiger partial charge in [-0.15, -0.1) is 0 Å². The number of benzene rings is 2. The van der Waals surface area contributed by atoms with E-state index in [2.05, 4.69) is 0 Å². The lowest BCUT2D eigenvalue weighted by Gasteiger charge is -2.28. The van der Waals surface area contributed by atoms with Crippen molar-refractivity contribution in [3.05, 3.63) is 77.1 Å². The Labute approximate surface area is 157 Å². The summed E-state index contributed by atoms with van der Waals surface area (Å²) in [5.41, 5.74) is 2.71. The quantitative estimate of drug-likeness (QED) is 0.779. The molecule has 0 aromatic heterocycles. The number of allylic oxidation sites excluding steroid dienone is 1. The third kappa shape index (κ3) is 4.87. The van der Waals surface area contributed by atoms with E-state index in [4.69, 9.17) is 19.3 Å². The van der Waals surface area contributed by atoms with Gasteiger partial charge in [-0.2, -0.15) is 0 Å². The summed E-state index contributed by atoms with van der Waals surface area (Å²) in [5.74, 6) is -0.610. The normalized spacial score (nSPS) is 19.1. The molecular formula is C21H22O6. The first-order chi connectivity index (χ1) is 13.1. The molecule has 2 aromatic rings. The Morgan fingerprint density at radius 1 is 1.11 bits per heavy atom. The Morgan fingerprint density at radius 3 is 2.37 bits per heavy atom. The highest BCUT2D eigenvalue weighted by Gasteiger charge is 2.28. The number of aliphatic hydroxyl groups excluding tert-OH is 1. The molecule has 1 aliphatic heterocycles. The van der Waals surface area contributed by atoms with Crippen molar-refractivity contribution in [2.24, 2.45) is 0 Å². The minimum absolute atomic E-state index is 0.0107. The molecule has 0 aliphatic carbocycles. The first-order valence-corrected chi connectivity index (χ1v) is 8.65. The molecule has 27 heavy (non-hydrogen) atoms. The van der Waals surface area contributed by atoms with Gasteiger partial charge in [-0.1, -0.05) is 36.4 Å². The van der Waals surface area contributed by atoms with Crippen molar-refractivity contribution in [1.82, 2.24) is 0 Å². The third-order valence-electron chi connectivity index (χ3n) is 4.45. The number of aliphatic carboxylic acids is 1. The molecule has 0 saturated carbocycles. The van der Waals surface area contributed by atoms with Gasteiger partial charge in [-0.25, -0.2) is 4.79 Å². The maximum absolute atomic E-state index is 11.4. The summed E-state index contributed by atoms with van der Waals surface area (Å²) in [6.45, 7) is 0.280. The lowest BCUT2D eigenvalue weighted by Crippen LogP contribution is -2.26. The minimum atomic E-state index is -1.12. The Morgan fingerprint density at radius 2 is 1.78 bits per heavy atom. The monoisotopic (exact) mass is 370 g/mol. The van der Waals surface area contributed by atoms with Crippen LogP contribution in [0.4, 0.5) is 0 Å². The van der Waals surface area contributed by atoms with Crippen molar-refractivity contribution < 1.29 is 29.2 Å². The summed E-state index contributed by atoms with van der Waals surface area (Å²) in [6, 6.07) is 14.9. The van der Waals surface area contributed by atoms with Crippen LogP contribution in [0.5, 0.6) is 5.75 Å². The van der Waals surface area contributed by atoms with Crippen LogP contribution >= 0.6 is 0 Å². The number of aliphatic hydroxyl groups is 1. The second-order valence-corrected chi connectivity index (χ2v) is 6.28. The minimum Gasteiger partial charge on any atom is -0.497 e. The first kappa shape index (κ1) is 18.9. The maximum Gasteiger partial charge on any atom is 0.370 e. The molecule has 0 radical (unpaired) electrons. The number of carboxylic acids is 1. The van der Waals surface area contributed by atoms with Gasteiger partial charge >= 0.3 is 5.97 Å². The average molecular weight is 370 g/mol. The summed E-state index contributed by atoms with van der Waals surface area (Å²) in [7, 11) is 1.60. The van der Waals surface area contributed by atoms with Crippen molar-refractivity contribution in [3.63, 3.8) is 0 Å². The van der Waals surface area contributed by atoms with Crippen LogP contribution in [0.25, 0.3) is 0 Å². The zero-order chi connectivity index (χ0) is 19.2. The summed E-state index contributed by atoms with van der Waals surface area (Å²) >= 11 is 0. The topological polar surface area (TPSA) is 85.2 Å². The number of hydrogen-bond acceptors (Lipinski definition) is 5. The Kier molecular flexibility index (Phi) is 6.11. The van der Waals surface area contributed by atoms with Crippen LogP contribution < -0.4 is 4.74 Å². The van der Waals surface area contributed by atoms with Gasteiger partial charge in [0.05, 0.1) is 20.3 Å². The maximum atomic E-state index is 11.4. The molecule has 6 nitrogen and oxygen atoms in total. The predicted octanol–water partition coefficient (Wildman–Crippen LogP) is 3.20. The molecule has 2 aromatic carbocycles. The van der Waals surface area contributed by atoms with Crippen LogP contribution in [0.1, 0.15) is 29.0 Å². The Bertz CT molecular complexity index is 794. The molecule has 142 valence electrons. The van der Waals surface area contributed by atoms with Crippen molar-refractivity contribution in [1.29, 1.82) is 0 Å². The van der Waals surface area contributed by atoms with Gasteiger partial charge in [0.2, 0.25) is 12.0 Å². The molecule has 0 amide bonds. The molecule has 2 N–H and O–H groups in total. The SMILES string of the molecule is COc1ccc([C@@H]2C=C(C(=O)O)O[C@H](OCc3ccc(CO)cc3)C2)cc1. The van der Waals surface area contributed by atoms with Crippen molar-refractivity contribution >= 4 is 5.97 Å². The molecule has 6 heteroatoms. The molecule has 0 bridgehead atoms. The molecule has 3 rings (SSSR count). The number of carboxylic acid groups (broad SMARTS) is 1. The van der Waals surface area contributed by atoms with Gasteiger partial charge in [0, 0.05) is 12.3 Å². The van der Waals surface area contributed by atoms with Crippen molar-refractivity contribution in [2.45, 2.75) is 31.8 Å². The van der Waals surface area contributed by atoms with Gasteiger partial charge in [-0.05, 0) is 34.9 Å². The number of ether oxygens (including phenoxy) is 3. The summed E-state index contributed by atoms with van der Waals surface area (Å²) in [6.07, 6.45) is 1.46. The second kappa shape index (κ2) is 8.70. The van der Waals surface area contributed by atoms with Gasteiger partial charge in [0.25, 0.3) is 0 Å². The van der Waals surface area contributed by atoms with E-state index in [9.17, 15) is 9.90 Å². The van der Waals surface area contributed by atoms with Crippen molar-refractivity contribution in [2.75, 3.05) is 7.11 Å². The van der Waals surface area contributed by atoms with Crippen LogP contribution in [0.15, 0.2) is 60.4 Å². The van der Waals surface area contributed by atoms with Crippen LogP contribution in [0.2, 0.25) is 0 Å². The van der Waals surface area contributed by atoms with Gasteiger partial charge in [0.1, 0.15) is 5.75 Å². The molecule has 0 fully saturated rings. The zero-order valence-corrected chi connectivity index (χ0v) is 15.0. The molecule has 0 saturated heterocycles. The van der Waals surface area contributed by atoms with E-state index >= 15 is 0 Å². The zero-order valence-electron chi connectivity index (χ0n) is 15.0. The lowest BCUT2D eigenvalue weighted by atomic mass is 9.93. The fraction of sp³-hybridized carbons (Fsp3) is 0.286. The molecule has 0 spiro atoms. The van der Waals surface area contributed by atoms with E-state index in [1.165, 1.54) is 0 Å². The highest BCUT2D eigenvalue weighted by atomic mass is 16.7. The first-order valence-electron chi connectivity index (χ1n) is 8.65. The number of hydrogen-bond donors (Lipinski definition) is 2. The summed E-state index contributed by atoms with van der Waals surface area (Å²) < 4.78 is 16.5. The highest BCUT2D eigenvalue weighted by molar-refractivity contribution is 5.84. The Hall–Kier alpha value is -2.83. The van der Waals surface area contributed by atoms with Gasteiger partial charge < -0.3 is 24.4 Å². The van der Waals surface area contributed by atoms with E-state index < -0.39 is 12.3 Å². The summed E-state index contributed by atoms with van der Waals surface area (Å²) in [5, 5.41) is 18.4. The van der Waals surface area contributed by atoms with Crippen LogP contribution in [-0.4, -0.2) is 29.6 Å². The number of rotatable bonds is 7. The average Bonchev–Trinajstić information content (AvgIpc) is 2.72. The van der Waals surface area contributed by atoms with E-state index in [1.54, 1.807) is 13.2 Å². The predicted molar refractivity (Wildman–Crippen MR) is 98.1 cm³/mol. The van der Waals surface area contributed by atoms with Gasteiger partial charge in [0.15, 0.2) is 0 Å². The van der Waals surface area contributed by atoms with Crippen LogP contribution in [-0.2, 0) is 27.5 Å². The molecular weight excluding hydrogens is 348 g/mol.